The average molecular weight is 458 g/mol. The van der Waals surface area contributed by atoms with E-state index in [4.69, 9.17) is 0 Å². The highest BCUT2D eigenvalue weighted by Gasteiger charge is 2.19. The van der Waals surface area contributed by atoms with Crippen LogP contribution in [0.5, 0.6) is 0 Å². The van der Waals surface area contributed by atoms with Gasteiger partial charge in [-0.3, -0.25) is 4.79 Å². The molecule has 3 aromatic rings. The number of benzene rings is 2. The molecule has 2 N–H and O–H groups in total. The molecule has 172 valence electrons. The van der Waals surface area contributed by atoms with Crippen LogP contribution < -0.4 is 10.6 Å². The number of hydrogen-bond acceptors (Lipinski definition) is 5. The number of fused-ring (bicyclic) bond motifs is 1. The van der Waals surface area contributed by atoms with Crippen molar-refractivity contribution >= 4 is 32.7 Å². The number of rotatable bonds is 11. The molecular weight excluding hydrogens is 426 g/mol. The fourth-order valence-corrected chi connectivity index (χ4v) is 4.42. The molecule has 2 aromatic carbocycles. The van der Waals surface area contributed by atoms with Crippen molar-refractivity contribution in [2.75, 3.05) is 32.5 Å². The van der Waals surface area contributed by atoms with E-state index in [0.29, 0.717) is 31.4 Å². The Labute approximate surface area is 189 Å². The van der Waals surface area contributed by atoms with E-state index in [-0.39, 0.29) is 10.8 Å². The van der Waals surface area contributed by atoms with Crippen molar-refractivity contribution in [3.63, 3.8) is 0 Å². The summed E-state index contributed by atoms with van der Waals surface area (Å²) < 4.78 is 28.0. The van der Waals surface area contributed by atoms with Crippen molar-refractivity contribution in [2.24, 2.45) is 0 Å². The van der Waals surface area contributed by atoms with E-state index in [1.54, 1.807) is 18.2 Å². The van der Waals surface area contributed by atoms with Crippen molar-refractivity contribution in [2.45, 2.75) is 37.6 Å². The minimum atomic E-state index is -3.52. The minimum absolute atomic E-state index is 0.0182. The Morgan fingerprint density at radius 1 is 1.09 bits per heavy atom. The third-order valence-corrected chi connectivity index (χ3v) is 7.06. The lowest BCUT2D eigenvalue weighted by Gasteiger charge is -2.11. The third-order valence-electron chi connectivity index (χ3n) is 5.25. The number of nitrogens with one attached hydrogen (secondary N) is 2. The van der Waals surface area contributed by atoms with Gasteiger partial charge in [-0.05, 0) is 43.7 Å². The summed E-state index contributed by atoms with van der Waals surface area (Å²) in [6.07, 6.45) is 1.65. The predicted octanol–water partition coefficient (Wildman–Crippen LogP) is 2.86. The lowest BCUT2D eigenvalue weighted by molar-refractivity contribution is -0.121. The largest absolute Gasteiger partial charge is 0.385 e. The summed E-state index contributed by atoms with van der Waals surface area (Å²) in [7, 11) is -0.511. The number of anilines is 1. The standard InChI is InChI=1S/C23H31N5O3S/c1-4-28-21-12-11-19(32(30,31)27(2)3)17-20(21)26-22(28)13-14-23(29)25-16-8-15-24-18-9-6-5-7-10-18/h5-7,9-12,17,24H,4,8,13-16H2,1-3H3,(H,25,29). The Morgan fingerprint density at radius 3 is 2.53 bits per heavy atom. The summed E-state index contributed by atoms with van der Waals surface area (Å²) in [5.74, 6) is 0.762. The minimum Gasteiger partial charge on any atom is -0.385 e. The van der Waals surface area contributed by atoms with Gasteiger partial charge in [0.25, 0.3) is 0 Å². The van der Waals surface area contributed by atoms with Gasteiger partial charge in [0.1, 0.15) is 5.82 Å². The maximum absolute atomic E-state index is 12.4. The highest BCUT2D eigenvalue weighted by Crippen LogP contribution is 2.22. The van der Waals surface area contributed by atoms with Crippen molar-refractivity contribution in [1.82, 2.24) is 19.2 Å². The van der Waals surface area contributed by atoms with Gasteiger partial charge in [-0.25, -0.2) is 17.7 Å². The Kier molecular flexibility index (Phi) is 7.87. The molecule has 1 amide bonds. The zero-order valence-electron chi connectivity index (χ0n) is 18.8. The number of sulfonamides is 1. The van der Waals surface area contributed by atoms with Gasteiger partial charge in [-0.2, -0.15) is 0 Å². The first kappa shape index (κ1) is 23.7. The normalized spacial score (nSPS) is 11.8. The first-order valence-electron chi connectivity index (χ1n) is 10.8. The van der Waals surface area contributed by atoms with Gasteiger partial charge < -0.3 is 15.2 Å². The van der Waals surface area contributed by atoms with Crippen LogP contribution >= 0.6 is 0 Å². The van der Waals surface area contributed by atoms with Crippen LogP contribution in [0.25, 0.3) is 11.0 Å². The fraction of sp³-hybridized carbons (Fsp3) is 0.391. The van der Waals surface area contributed by atoms with Crippen LogP contribution in [0.1, 0.15) is 25.6 Å². The lowest BCUT2D eigenvalue weighted by atomic mass is 10.2. The van der Waals surface area contributed by atoms with E-state index in [0.717, 1.165) is 30.0 Å². The Balaban J connectivity index is 1.55. The Hall–Kier alpha value is -2.91. The molecule has 32 heavy (non-hydrogen) atoms. The fourth-order valence-electron chi connectivity index (χ4n) is 3.49. The van der Waals surface area contributed by atoms with E-state index in [1.807, 2.05) is 41.8 Å². The first-order chi connectivity index (χ1) is 15.3. The summed E-state index contributed by atoms with van der Waals surface area (Å²) in [4.78, 5) is 17.1. The molecule has 0 atom stereocenters. The molecule has 8 nitrogen and oxygen atoms in total. The van der Waals surface area contributed by atoms with Gasteiger partial charge in [0.15, 0.2) is 0 Å². The van der Waals surface area contributed by atoms with Gasteiger partial charge in [0, 0.05) is 52.3 Å². The van der Waals surface area contributed by atoms with Gasteiger partial charge in [-0.1, -0.05) is 18.2 Å². The molecule has 1 heterocycles. The van der Waals surface area contributed by atoms with Crippen LogP contribution in [0.2, 0.25) is 0 Å². The molecule has 0 aliphatic rings. The van der Waals surface area contributed by atoms with E-state index in [1.165, 1.54) is 18.4 Å². The zero-order valence-corrected chi connectivity index (χ0v) is 19.7. The molecule has 0 spiro atoms. The highest BCUT2D eigenvalue weighted by molar-refractivity contribution is 7.89. The molecule has 0 unspecified atom stereocenters. The number of aryl methyl sites for hydroxylation is 2. The van der Waals surface area contributed by atoms with E-state index >= 15 is 0 Å². The summed E-state index contributed by atoms with van der Waals surface area (Å²) in [6.45, 7) is 4.09. The smallest absolute Gasteiger partial charge is 0.242 e. The molecule has 0 saturated carbocycles. The zero-order chi connectivity index (χ0) is 23.1. The molecule has 9 heteroatoms. The van der Waals surface area contributed by atoms with E-state index in [9.17, 15) is 13.2 Å². The highest BCUT2D eigenvalue weighted by atomic mass is 32.2. The molecule has 0 saturated heterocycles. The number of hydrogen-bond donors (Lipinski definition) is 2. The van der Waals surface area contributed by atoms with Crippen LogP contribution in [-0.4, -0.2) is 55.4 Å². The number of carbonyl (C=O) groups is 1. The Bertz CT molecular complexity index is 1160. The van der Waals surface area contributed by atoms with Gasteiger partial charge in [-0.15, -0.1) is 0 Å². The van der Waals surface area contributed by atoms with Crippen LogP contribution in [0.4, 0.5) is 5.69 Å². The second-order valence-electron chi connectivity index (χ2n) is 7.71. The molecular formula is C23H31N5O3S. The summed E-state index contributed by atoms with van der Waals surface area (Å²) in [6, 6.07) is 14.9. The second kappa shape index (κ2) is 10.6. The quantitative estimate of drug-likeness (QED) is 0.432. The molecule has 0 fully saturated rings. The summed E-state index contributed by atoms with van der Waals surface area (Å²) >= 11 is 0. The van der Waals surface area contributed by atoms with Gasteiger partial charge >= 0.3 is 0 Å². The molecule has 0 bridgehead atoms. The number of carbonyl (C=O) groups excluding carboxylic acids is 1. The van der Waals surface area contributed by atoms with Crippen LogP contribution in [0.3, 0.4) is 0 Å². The number of aromatic nitrogens is 2. The van der Waals surface area contributed by atoms with Gasteiger partial charge in [0.2, 0.25) is 15.9 Å². The topological polar surface area (TPSA) is 96.3 Å². The molecule has 3 rings (SSSR count). The SMILES string of the molecule is CCn1c(CCC(=O)NCCCNc2ccccc2)nc2cc(S(=O)(=O)N(C)C)ccc21. The van der Waals surface area contributed by atoms with E-state index < -0.39 is 10.0 Å². The molecule has 0 radical (unpaired) electrons. The van der Waals surface area contributed by atoms with Crippen molar-refractivity contribution in [1.29, 1.82) is 0 Å². The van der Waals surface area contributed by atoms with Crippen LogP contribution in [0, 0.1) is 0 Å². The monoisotopic (exact) mass is 457 g/mol. The van der Waals surface area contributed by atoms with Gasteiger partial charge in [0.05, 0.1) is 15.9 Å². The Morgan fingerprint density at radius 2 is 1.84 bits per heavy atom. The first-order valence-corrected chi connectivity index (χ1v) is 12.2. The molecule has 1 aromatic heterocycles. The second-order valence-corrected chi connectivity index (χ2v) is 9.86. The molecule has 0 aliphatic carbocycles. The van der Waals surface area contributed by atoms with Crippen molar-refractivity contribution in [3.8, 4) is 0 Å². The third kappa shape index (κ3) is 5.66. The van der Waals surface area contributed by atoms with Crippen LogP contribution in [0.15, 0.2) is 53.4 Å². The summed E-state index contributed by atoms with van der Waals surface area (Å²) in [5.41, 5.74) is 2.56. The van der Waals surface area contributed by atoms with E-state index in [2.05, 4.69) is 15.6 Å². The van der Waals surface area contributed by atoms with Crippen molar-refractivity contribution < 1.29 is 13.2 Å². The number of nitrogens with zero attached hydrogens (tertiary/aromatic N) is 3. The number of imidazole rings is 1. The average Bonchev–Trinajstić information content (AvgIpc) is 3.14. The molecule has 0 aliphatic heterocycles. The predicted molar refractivity (Wildman–Crippen MR) is 127 cm³/mol. The summed E-state index contributed by atoms with van der Waals surface area (Å²) in [5, 5.41) is 6.27. The maximum atomic E-state index is 12.4. The maximum Gasteiger partial charge on any atom is 0.242 e. The lowest BCUT2D eigenvalue weighted by Crippen LogP contribution is -2.26. The number of amides is 1. The van der Waals surface area contributed by atoms with Crippen molar-refractivity contribution in [3.05, 3.63) is 54.4 Å². The number of para-hydroxylation sites is 1. The van der Waals surface area contributed by atoms with Crippen LogP contribution in [-0.2, 0) is 27.8 Å².